The van der Waals surface area contributed by atoms with Crippen LogP contribution < -0.4 is 4.57 Å². The van der Waals surface area contributed by atoms with Crippen molar-refractivity contribution in [3.8, 4) is 11.8 Å². The highest BCUT2D eigenvalue weighted by molar-refractivity contribution is 5.43. The maximum atomic E-state index is 13.5. The Balaban J connectivity index is 2.05. The molecule has 122 valence electrons. The van der Waals surface area contributed by atoms with E-state index in [1.54, 1.807) is 30.2 Å². The van der Waals surface area contributed by atoms with Crippen molar-refractivity contribution in [2.24, 2.45) is 0 Å². The van der Waals surface area contributed by atoms with Gasteiger partial charge < -0.3 is 5.11 Å². The molecule has 1 atom stereocenters. The van der Waals surface area contributed by atoms with Gasteiger partial charge in [-0.05, 0) is 38.1 Å². The Morgan fingerprint density at radius 1 is 1.46 bits per heavy atom. The number of aryl methyl sites for hydroxylation is 1. The number of aliphatic hydroxyl groups is 1. The van der Waals surface area contributed by atoms with Crippen LogP contribution in [0.25, 0.3) is 5.69 Å². The topological polar surface area (TPSA) is 81.5 Å². The van der Waals surface area contributed by atoms with Crippen molar-refractivity contribution in [3.05, 3.63) is 65.3 Å². The number of imidazole rings is 1. The first-order valence-electron chi connectivity index (χ1n) is 7.49. The maximum absolute atomic E-state index is 13.5. The summed E-state index contributed by atoms with van der Waals surface area (Å²) in [5.74, 6) is -0.404. The minimum Gasteiger partial charge on any atom is -0.389 e. The van der Waals surface area contributed by atoms with Gasteiger partial charge in [0.15, 0.2) is 0 Å². The average molecular weight is 326 g/mol. The Labute approximate surface area is 138 Å². The Kier molecular flexibility index (Phi) is 4.15. The quantitative estimate of drug-likeness (QED) is 0.719. The molecule has 3 aromatic rings. The summed E-state index contributed by atoms with van der Waals surface area (Å²) >= 11 is 0. The van der Waals surface area contributed by atoms with Crippen LogP contribution in [-0.2, 0) is 6.54 Å². The van der Waals surface area contributed by atoms with Crippen LogP contribution >= 0.6 is 0 Å². The minimum absolute atomic E-state index is 0.404. The molecule has 0 saturated carbocycles. The molecule has 0 aliphatic rings. The molecule has 0 amide bonds. The van der Waals surface area contributed by atoms with Crippen LogP contribution in [0.3, 0.4) is 0 Å². The molecule has 0 aliphatic heterocycles. The number of benzene rings is 1. The summed E-state index contributed by atoms with van der Waals surface area (Å²) in [5, 5.41) is 23.3. The van der Waals surface area contributed by atoms with Gasteiger partial charge in [0, 0.05) is 5.56 Å². The van der Waals surface area contributed by atoms with E-state index in [0.29, 0.717) is 23.5 Å². The molecule has 1 unspecified atom stereocenters. The zero-order valence-electron chi connectivity index (χ0n) is 13.4. The van der Waals surface area contributed by atoms with Crippen molar-refractivity contribution >= 4 is 0 Å². The monoisotopic (exact) mass is 326 g/mol. The van der Waals surface area contributed by atoms with Crippen LogP contribution in [-0.4, -0.2) is 19.9 Å². The zero-order valence-corrected chi connectivity index (χ0v) is 13.4. The van der Waals surface area contributed by atoms with E-state index in [1.807, 2.05) is 23.6 Å². The highest BCUT2D eigenvalue weighted by Crippen LogP contribution is 2.24. The van der Waals surface area contributed by atoms with Gasteiger partial charge in [-0.1, -0.05) is 0 Å². The standard InChI is InChI=1S/C17H16FN5O/c1-11-5-15(9-22-8-14(7-19)20-10-22)23(21-11)17-4-3-13(18)6-16(17)12(2)24/h3-6,8,10,12,24H,9H2,1-2H3/p+1. The number of aliphatic hydroxyl groups excluding tert-OH is 1. The lowest BCUT2D eigenvalue weighted by Gasteiger charge is -2.14. The first-order chi connectivity index (χ1) is 11.5. The molecule has 2 aromatic heterocycles. The molecule has 2 N–H and O–H groups in total. The number of hydrogen-bond donors (Lipinski definition) is 2. The highest BCUT2D eigenvalue weighted by Gasteiger charge is 2.17. The third-order valence-corrected chi connectivity index (χ3v) is 3.72. The van der Waals surface area contributed by atoms with E-state index < -0.39 is 11.9 Å². The van der Waals surface area contributed by atoms with Gasteiger partial charge in [-0.2, -0.15) is 10.4 Å². The smallest absolute Gasteiger partial charge is 0.242 e. The van der Waals surface area contributed by atoms with Crippen LogP contribution in [0.2, 0.25) is 0 Å². The van der Waals surface area contributed by atoms with Crippen molar-refractivity contribution < 1.29 is 14.1 Å². The Morgan fingerprint density at radius 2 is 2.25 bits per heavy atom. The second kappa shape index (κ2) is 6.26. The minimum atomic E-state index is -0.821. The fourth-order valence-corrected chi connectivity index (χ4v) is 2.66. The van der Waals surface area contributed by atoms with Crippen LogP contribution in [0.15, 0.2) is 36.8 Å². The summed E-state index contributed by atoms with van der Waals surface area (Å²) in [7, 11) is 0. The van der Waals surface area contributed by atoms with Crippen LogP contribution in [0.4, 0.5) is 4.39 Å². The number of nitriles is 1. The van der Waals surface area contributed by atoms with Gasteiger partial charge in [-0.15, -0.1) is 0 Å². The Bertz CT molecular complexity index is 919. The number of H-pyrrole nitrogens is 1. The van der Waals surface area contributed by atoms with Crippen molar-refractivity contribution in [2.45, 2.75) is 26.5 Å². The number of nitrogens with one attached hydrogen (secondary N) is 1. The summed E-state index contributed by atoms with van der Waals surface area (Å²) in [6.07, 6.45) is 2.58. The van der Waals surface area contributed by atoms with Gasteiger partial charge in [0.1, 0.15) is 24.6 Å². The van der Waals surface area contributed by atoms with Crippen molar-refractivity contribution in [1.29, 1.82) is 5.26 Å². The van der Waals surface area contributed by atoms with Crippen molar-refractivity contribution in [1.82, 2.24) is 14.8 Å². The lowest BCUT2D eigenvalue weighted by molar-refractivity contribution is -0.687. The zero-order chi connectivity index (χ0) is 17.3. The van der Waals surface area contributed by atoms with Crippen LogP contribution in [0, 0.1) is 24.1 Å². The number of hydrogen-bond acceptors (Lipinski definition) is 3. The molecule has 0 bridgehead atoms. The number of aromatic nitrogens is 4. The molecule has 0 aliphatic carbocycles. The van der Waals surface area contributed by atoms with E-state index in [1.165, 1.54) is 12.1 Å². The molecule has 24 heavy (non-hydrogen) atoms. The van der Waals surface area contributed by atoms with Gasteiger partial charge in [-0.3, -0.25) is 0 Å². The third-order valence-electron chi connectivity index (χ3n) is 3.72. The molecule has 0 saturated heterocycles. The van der Waals surface area contributed by atoms with Crippen LogP contribution in [0.1, 0.15) is 35.7 Å². The van der Waals surface area contributed by atoms with E-state index in [4.69, 9.17) is 5.26 Å². The molecule has 0 radical (unpaired) electrons. The predicted molar refractivity (Wildman–Crippen MR) is 83.7 cm³/mol. The molecule has 2 heterocycles. The summed E-state index contributed by atoms with van der Waals surface area (Å²) in [6.45, 7) is 3.94. The third kappa shape index (κ3) is 3.05. The van der Waals surface area contributed by atoms with Gasteiger partial charge >= 0.3 is 0 Å². The number of halogens is 1. The largest absolute Gasteiger partial charge is 0.389 e. The molecule has 0 spiro atoms. The number of rotatable bonds is 4. The molecular formula is C17H17FN5O+. The molecule has 3 rings (SSSR count). The summed E-state index contributed by atoms with van der Waals surface area (Å²) in [4.78, 5) is 2.86. The average Bonchev–Trinajstić information content (AvgIpc) is 3.14. The summed E-state index contributed by atoms with van der Waals surface area (Å²) in [5.41, 5.74) is 3.23. The molecule has 6 nitrogen and oxygen atoms in total. The van der Waals surface area contributed by atoms with Gasteiger partial charge in [0.2, 0.25) is 12.0 Å². The van der Waals surface area contributed by atoms with Crippen molar-refractivity contribution in [2.75, 3.05) is 0 Å². The fraction of sp³-hybridized carbons (Fsp3) is 0.235. The SMILES string of the molecule is Cc1cc(C[n+]2c[nH]c(C#N)c2)n(-c2ccc(F)cc2C(C)O)n1. The fourth-order valence-electron chi connectivity index (χ4n) is 2.66. The Hall–Kier alpha value is -2.98. The normalized spacial score (nSPS) is 12.1. The van der Waals surface area contributed by atoms with E-state index in [-0.39, 0.29) is 0 Å². The van der Waals surface area contributed by atoms with E-state index in [2.05, 4.69) is 10.1 Å². The molecular weight excluding hydrogens is 309 g/mol. The number of nitrogens with zero attached hydrogens (tertiary/aromatic N) is 4. The predicted octanol–water partition coefficient (Wildman–Crippen LogP) is 1.91. The van der Waals surface area contributed by atoms with Gasteiger partial charge in [0.05, 0.1) is 23.2 Å². The summed E-state index contributed by atoms with van der Waals surface area (Å²) < 4.78 is 17.1. The number of aromatic amines is 1. The van der Waals surface area contributed by atoms with E-state index in [9.17, 15) is 9.50 Å². The first-order valence-corrected chi connectivity index (χ1v) is 7.49. The molecule has 0 fully saturated rings. The lowest BCUT2D eigenvalue weighted by atomic mass is 10.1. The van der Waals surface area contributed by atoms with E-state index >= 15 is 0 Å². The second-order valence-electron chi connectivity index (χ2n) is 5.67. The van der Waals surface area contributed by atoms with Gasteiger partial charge in [-0.25, -0.2) is 18.6 Å². The lowest BCUT2D eigenvalue weighted by Crippen LogP contribution is -2.32. The molecule has 1 aromatic carbocycles. The van der Waals surface area contributed by atoms with E-state index in [0.717, 1.165) is 11.4 Å². The highest BCUT2D eigenvalue weighted by atomic mass is 19.1. The maximum Gasteiger partial charge on any atom is 0.242 e. The summed E-state index contributed by atoms with van der Waals surface area (Å²) in [6, 6.07) is 8.23. The molecule has 7 heteroatoms. The second-order valence-corrected chi connectivity index (χ2v) is 5.67. The first kappa shape index (κ1) is 15.9. The van der Waals surface area contributed by atoms with Crippen molar-refractivity contribution in [3.63, 3.8) is 0 Å². The van der Waals surface area contributed by atoms with Gasteiger partial charge in [0.25, 0.3) is 0 Å². The Morgan fingerprint density at radius 3 is 2.92 bits per heavy atom. The van der Waals surface area contributed by atoms with Crippen LogP contribution in [0.5, 0.6) is 0 Å².